The Morgan fingerprint density at radius 3 is 3.00 bits per heavy atom. The average molecular weight is 318 g/mol. The third kappa shape index (κ3) is 2.14. The standard InChI is InChI=1S/C17H18O4S/c1-22-13-5-3-2-4-9(13)8-14(18)20-15-10-6-11-12(7-10)17(19)21-16(11)15/h2-5,10-12,15-16H,6-8H2,1H3. The van der Waals surface area contributed by atoms with Gasteiger partial charge in [-0.2, -0.15) is 0 Å². The molecule has 2 bridgehead atoms. The van der Waals surface area contributed by atoms with Crippen LogP contribution < -0.4 is 0 Å². The minimum atomic E-state index is -0.235. The molecule has 3 fully saturated rings. The minimum absolute atomic E-state index is 0.0576. The molecule has 1 aliphatic heterocycles. The lowest BCUT2D eigenvalue weighted by Gasteiger charge is -2.25. The molecule has 1 saturated heterocycles. The van der Waals surface area contributed by atoms with Crippen molar-refractivity contribution in [2.75, 3.05) is 6.26 Å². The normalized spacial score (nSPS) is 34.8. The Hall–Kier alpha value is -1.49. The van der Waals surface area contributed by atoms with Gasteiger partial charge in [0.05, 0.1) is 12.3 Å². The molecule has 0 aromatic heterocycles. The van der Waals surface area contributed by atoms with E-state index in [0.29, 0.717) is 5.92 Å². The molecule has 22 heavy (non-hydrogen) atoms. The van der Waals surface area contributed by atoms with Crippen molar-refractivity contribution < 1.29 is 19.1 Å². The lowest BCUT2D eigenvalue weighted by molar-refractivity contribution is -0.161. The maximum atomic E-state index is 12.3. The number of thioether (sulfide) groups is 1. The van der Waals surface area contributed by atoms with Gasteiger partial charge in [-0.1, -0.05) is 18.2 Å². The number of hydrogen-bond acceptors (Lipinski definition) is 5. The van der Waals surface area contributed by atoms with Crippen LogP contribution in [0.15, 0.2) is 29.2 Å². The van der Waals surface area contributed by atoms with Crippen LogP contribution in [0, 0.1) is 17.8 Å². The van der Waals surface area contributed by atoms with Crippen LogP contribution in [0.5, 0.6) is 0 Å². The van der Waals surface area contributed by atoms with Gasteiger partial charge < -0.3 is 9.47 Å². The smallest absolute Gasteiger partial charge is 0.310 e. The maximum absolute atomic E-state index is 12.3. The summed E-state index contributed by atoms with van der Waals surface area (Å²) in [6.45, 7) is 0. The van der Waals surface area contributed by atoms with Crippen LogP contribution in [-0.4, -0.2) is 30.4 Å². The molecule has 5 unspecified atom stereocenters. The zero-order chi connectivity index (χ0) is 15.3. The number of carbonyl (C=O) groups excluding carboxylic acids is 2. The number of hydrogen-bond donors (Lipinski definition) is 0. The van der Waals surface area contributed by atoms with Gasteiger partial charge >= 0.3 is 11.9 Å². The van der Waals surface area contributed by atoms with Gasteiger partial charge in [-0.15, -0.1) is 11.8 Å². The van der Waals surface area contributed by atoms with Gasteiger partial charge in [-0.05, 0) is 30.7 Å². The highest BCUT2D eigenvalue weighted by molar-refractivity contribution is 7.98. The molecule has 4 rings (SSSR count). The summed E-state index contributed by atoms with van der Waals surface area (Å²) in [5.41, 5.74) is 0.990. The number of fused-ring (bicyclic) bond motifs is 1. The van der Waals surface area contributed by atoms with Crippen LogP contribution in [0.2, 0.25) is 0 Å². The van der Waals surface area contributed by atoms with E-state index >= 15 is 0 Å². The molecule has 2 aliphatic carbocycles. The van der Waals surface area contributed by atoms with Crippen molar-refractivity contribution in [1.29, 1.82) is 0 Å². The van der Waals surface area contributed by atoms with Crippen molar-refractivity contribution >= 4 is 23.7 Å². The van der Waals surface area contributed by atoms with E-state index < -0.39 is 0 Å². The predicted octanol–water partition coefficient (Wildman–Crippen LogP) is 2.44. The molecule has 0 N–H and O–H groups in total. The molecule has 2 saturated carbocycles. The highest BCUT2D eigenvalue weighted by Crippen LogP contribution is 2.55. The van der Waals surface area contributed by atoms with E-state index in [1.807, 2.05) is 30.5 Å². The summed E-state index contributed by atoms with van der Waals surface area (Å²) >= 11 is 1.63. The number of carbonyl (C=O) groups is 2. The SMILES string of the molecule is CSc1ccccc1CC(=O)OC1C2CC3C(=O)OC1C3C2. The van der Waals surface area contributed by atoms with Crippen LogP contribution in [0.25, 0.3) is 0 Å². The van der Waals surface area contributed by atoms with Gasteiger partial charge in [0.1, 0.15) is 12.2 Å². The van der Waals surface area contributed by atoms with Gasteiger partial charge in [0, 0.05) is 16.7 Å². The first kappa shape index (κ1) is 14.1. The third-order valence-electron chi connectivity index (χ3n) is 5.21. The highest BCUT2D eigenvalue weighted by atomic mass is 32.2. The zero-order valence-corrected chi connectivity index (χ0v) is 13.2. The van der Waals surface area contributed by atoms with Crippen LogP contribution in [0.3, 0.4) is 0 Å². The summed E-state index contributed by atoms with van der Waals surface area (Å²) in [5, 5.41) is 0. The first-order valence-electron chi connectivity index (χ1n) is 7.69. The van der Waals surface area contributed by atoms with E-state index in [4.69, 9.17) is 9.47 Å². The van der Waals surface area contributed by atoms with Crippen molar-refractivity contribution in [2.24, 2.45) is 17.8 Å². The van der Waals surface area contributed by atoms with Crippen LogP contribution in [-0.2, 0) is 25.5 Å². The summed E-state index contributed by atoms with van der Waals surface area (Å²) in [6.07, 6.45) is 3.62. The van der Waals surface area contributed by atoms with Crippen LogP contribution in [0.4, 0.5) is 0 Å². The largest absolute Gasteiger partial charge is 0.458 e. The molecule has 0 amide bonds. The monoisotopic (exact) mass is 318 g/mol. The lowest BCUT2D eigenvalue weighted by Crippen LogP contribution is -2.36. The van der Waals surface area contributed by atoms with Gasteiger partial charge in [-0.3, -0.25) is 9.59 Å². The van der Waals surface area contributed by atoms with Gasteiger partial charge in [-0.25, -0.2) is 0 Å². The summed E-state index contributed by atoms with van der Waals surface area (Å²) in [7, 11) is 0. The van der Waals surface area contributed by atoms with Crippen molar-refractivity contribution in [1.82, 2.24) is 0 Å². The molecular formula is C17H18O4S. The van der Waals surface area contributed by atoms with E-state index in [-0.39, 0.29) is 42.4 Å². The maximum Gasteiger partial charge on any atom is 0.310 e. The number of benzene rings is 1. The molecule has 116 valence electrons. The first-order valence-corrected chi connectivity index (χ1v) is 8.91. The second-order valence-corrected chi connectivity index (χ2v) is 7.19. The Bertz CT molecular complexity index is 629. The molecular weight excluding hydrogens is 300 g/mol. The molecule has 0 radical (unpaired) electrons. The fraction of sp³-hybridized carbons (Fsp3) is 0.529. The second kappa shape index (κ2) is 5.30. The molecule has 0 spiro atoms. The molecule has 1 aromatic carbocycles. The van der Waals surface area contributed by atoms with E-state index in [1.54, 1.807) is 11.8 Å². The minimum Gasteiger partial charge on any atom is -0.458 e. The van der Waals surface area contributed by atoms with E-state index in [9.17, 15) is 9.59 Å². The van der Waals surface area contributed by atoms with Gasteiger partial charge in [0.15, 0.2) is 0 Å². The van der Waals surface area contributed by atoms with Gasteiger partial charge in [0.25, 0.3) is 0 Å². The molecule has 5 atom stereocenters. The van der Waals surface area contributed by atoms with Crippen LogP contribution in [0.1, 0.15) is 18.4 Å². The summed E-state index contributed by atoms with van der Waals surface area (Å²) in [4.78, 5) is 25.1. The number of ether oxygens (including phenoxy) is 2. The van der Waals surface area contributed by atoms with Crippen molar-refractivity contribution in [2.45, 2.75) is 36.4 Å². The van der Waals surface area contributed by atoms with Crippen molar-refractivity contribution in [3.05, 3.63) is 29.8 Å². The summed E-state index contributed by atoms with van der Waals surface area (Å²) < 4.78 is 11.1. The number of esters is 2. The van der Waals surface area contributed by atoms with E-state index in [0.717, 1.165) is 23.3 Å². The van der Waals surface area contributed by atoms with Crippen molar-refractivity contribution in [3.63, 3.8) is 0 Å². The van der Waals surface area contributed by atoms with Gasteiger partial charge in [0.2, 0.25) is 0 Å². The lowest BCUT2D eigenvalue weighted by atomic mass is 9.88. The third-order valence-corrected chi connectivity index (χ3v) is 6.05. The zero-order valence-electron chi connectivity index (χ0n) is 12.4. The van der Waals surface area contributed by atoms with Crippen molar-refractivity contribution in [3.8, 4) is 0 Å². The second-order valence-electron chi connectivity index (χ2n) is 6.35. The fourth-order valence-corrected chi connectivity index (χ4v) is 4.88. The Balaban J connectivity index is 1.44. The molecule has 1 heterocycles. The molecule has 5 heteroatoms. The summed E-state index contributed by atoms with van der Waals surface area (Å²) in [6, 6.07) is 7.87. The average Bonchev–Trinajstić information content (AvgIpc) is 3.13. The Kier molecular flexibility index (Phi) is 3.40. The summed E-state index contributed by atoms with van der Waals surface area (Å²) in [5.74, 6) is 0.310. The van der Waals surface area contributed by atoms with E-state index in [2.05, 4.69) is 0 Å². The Labute approximate surface area is 133 Å². The highest BCUT2D eigenvalue weighted by Gasteiger charge is 2.63. The first-order chi connectivity index (χ1) is 10.7. The van der Waals surface area contributed by atoms with E-state index in [1.165, 1.54) is 0 Å². The van der Waals surface area contributed by atoms with Crippen LogP contribution >= 0.6 is 11.8 Å². The number of rotatable bonds is 4. The topological polar surface area (TPSA) is 52.6 Å². The Morgan fingerprint density at radius 1 is 1.36 bits per heavy atom. The molecule has 4 nitrogen and oxygen atoms in total. The molecule has 3 aliphatic rings. The molecule has 1 aromatic rings. The Morgan fingerprint density at radius 2 is 2.18 bits per heavy atom. The predicted molar refractivity (Wildman–Crippen MR) is 81.4 cm³/mol. The quantitative estimate of drug-likeness (QED) is 0.630. The fourth-order valence-electron chi connectivity index (χ4n) is 4.26.